The third-order valence-electron chi connectivity index (χ3n) is 6.21. The predicted octanol–water partition coefficient (Wildman–Crippen LogP) is 4.36. The smallest absolute Gasteiger partial charge is 0.323 e. The maximum Gasteiger partial charge on any atom is 0.323 e. The number of para-hydroxylation sites is 2. The molecule has 0 spiro atoms. The summed E-state index contributed by atoms with van der Waals surface area (Å²) in [4.78, 5) is 27.3. The topological polar surface area (TPSA) is 88.1 Å². The van der Waals surface area contributed by atoms with Crippen LogP contribution in [0, 0.1) is 0 Å². The molecule has 2 N–H and O–H groups in total. The minimum atomic E-state index is -1.09. The van der Waals surface area contributed by atoms with Crippen molar-refractivity contribution in [3.05, 3.63) is 95.6 Å². The lowest BCUT2D eigenvalue weighted by molar-refractivity contribution is -0.141. The molecule has 1 aliphatic rings. The second-order valence-corrected chi connectivity index (χ2v) is 9.21. The number of benzene rings is 3. The van der Waals surface area contributed by atoms with Crippen LogP contribution in [0.1, 0.15) is 36.5 Å². The Morgan fingerprint density at radius 3 is 2.42 bits per heavy atom. The van der Waals surface area contributed by atoms with Crippen LogP contribution in [0.15, 0.2) is 78.9 Å². The van der Waals surface area contributed by atoms with Crippen LogP contribution in [0.3, 0.4) is 0 Å². The van der Waals surface area contributed by atoms with Crippen molar-refractivity contribution in [3.63, 3.8) is 0 Å². The number of carbonyl (C=O) groups excluding carboxylic acids is 1. The fourth-order valence-electron chi connectivity index (χ4n) is 4.13. The molecular formula is C29H32N2O5. The van der Waals surface area contributed by atoms with Crippen molar-refractivity contribution in [1.82, 2.24) is 5.32 Å². The van der Waals surface area contributed by atoms with E-state index in [1.165, 1.54) is 5.56 Å². The zero-order valence-electron chi connectivity index (χ0n) is 20.6. The predicted molar refractivity (Wildman–Crippen MR) is 138 cm³/mol. The van der Waals surface area contributed by atoms with Gasteiger partial charge in [0.1, 0.15) is 24.4 Å². The Labute approximate surface area is 211 Å². The number of ether oxygens (including phenoxy) is 2. The number of carbonyl (C=O) groups is 2. The number of nitrogens with zero attached hydrogens (tertiary/aromatic N) is 1. The average molecular weight is 489 g/mol. The molecule has 3 aromatic rings. The third kappa shape index (κ3) is 6.30. The van der Waals surface area contributed by atoms with E-state index in [1.807, 2.05) is 66.7 Å². The molecular weight excluding hydrogens is 456 g/mol. The summed E-state index contributed by atoms with van der Waals surface area (Å²) in [5.41, 5.74) is 3.81. The highest BCUT2D eigenvalue weighted by Gasteiger charge is 2.34. The fraction of sp³-hybridized carbons (Fsp3) is 0.310. The van der Waals surface area contributed by atoms with Gasteiger partial charge in [-0.3, -0.25) is 14.9 Å². The summed E-state index contributed by atoms with van der Waals surface area (Å²) < 4.78 is 11.6. The van der Waals surface area contributed by atoms with E-state index in [9.17, 15) is 14.7 Å². The molecule has 0 saturated carbocycles. The number of anilines is 1. The summed E-state index contributed by atoms with van der Waals surface area (Å²) in [7, 11) is 0. The Kier molecular flexibility index (Phi) is 8.36. The fourth-order valence-corrected chi connectivity index (χ4v) is 4.13. The summed E-state index contributed by atoms with van der Waals surface area (Å²) in [5, 5.41) is 12.8. The van der Waals surface area contributed by atoms with Gasteiger partial charge < -0.3 is 19.5 Å². The molecule has 0 radical (unpaired) electrons. The number of rotatable bonds is 10. The van der Waals surface area contributed by atoms with Crippen molar-refractivity contribution >= 4 is 17.6 Å². The molecule has 0 bridgehead atoms. The van der Waals surface area contributed by atoms with Gasteiger partial charge in [-0.15, -0.1) is 0 Å². The second-order valence-electron chi connectivity index (χ2n) is 9.21. The lowest BCUT2D eigenvalue weighted by atomic mass is 10.0. The molecule has 1 amide bonds. The molecule has 0 saturated heterocycles. The summed E-state index contributed by atoms with van der Waals surface area (Å²) >= 11 is 0. The number of aliphatic carboxylic acids is 1. The van der Waals surface area contributed by atoms with Gasteiger partial charge in [0.05, 0.1) is 25.4 Å². The first-order valence-corrected chi connectivity index (χ1v) is 12.1. The maximum absolute atomic E-state index is 13.7. The van der Waals surface area contributed by atoms with Crippen LogP contribution in [0.2, 0.25) is 0 Å². The normalized spacial score (nSPS) is 16.2. The first kappa shape index (κ1) is 25.4. The molecule has 3 aromatic carbocycles. The SMILES string of the molecule is CC(C)c1ccc(CN2C(=O)[C@@H](N[C@@H](COCc3ccccc3)C(=O)O)COc3ccccc32)cc1. The van der Waals surface area contributed by atoms with Gasteiger partial charge >= 0.3 is 5.97 Å². The van der Waals surface area contributed by atoms with Crippen LogP contribution in [-0.2, 0) is 27.5 Å². The molecule has 0 aromatic heterocycles. The van der Waals surface area contributed by atoms with Crippen molar-refractivity contribution in [2.75, 3.05) is 18.1 Å². The Hall–Kier alpha value is -3.68. The monoisotopic (exact) mass is 488 g/mol. The Morgan fingerprint density at radius 2 is 1.72 bits per heavy atom. The highest BCUT2D eigenvalue weighted by molar-refractivity contribution is 5.99. The number of hydrogen-bond acceptors (Lipinski definition) is 5. The maximum atomic E-state index is 13.7. The van der Waals surface area contributed by atoms with Crippen LogP contribution >= 0.6 is 0 Å². The number of hydrogen-bond donors (Lipinski definition) is 2. The molecule has 7 heteroatoms. The van der Waals surface area contributed by atoms with Gasteiger partial charge in [0.2, 0.25) is 5.91 Å². The zero-order chi connectivity index (χ0) is 25.5. The van der Waals surface area contributed by atoms with Crippen molar-refractivity contribution < 1.29 is 24.2 Å². The van der Waals surface area contributed by atoms with Crippen LogP contribution < -0.4 is 15.0 Å². The number of nitrogens with one attached hydrogen (secondary N) is 1. The highest BCUT2D eigenvalue weighted by atomic mass is 16.5. The Bertz CT molecular complexity index is 1160. The van der Waals surface area contributed by atoms with Gasteiger partial charge in [0.15, 0.2) is 0 Å². The largest absolute Gasteiger partial charge is 0.489 e. The van der Waals surface area contributed by atoms with Gasteiger partial charge in [-0.1, -0.05) is 80.6 Å². The minimum Gasteiger partial charge on any atom is -0.489 e. The summed E-state index contributed by atoms with van der Waals surface area (Å²) in [5.74, 6) is -0.338. The lowest BCUT2D eigenvalue weighted by Crippen LogP contribution is -2.55. The number of carboxylic acid groups (broad SMARTS) is 1. The van der Waals surface area contributed by atoms with Gasteiger partial charge in [0.25, 0.3) is 0 Å². The van der Waals surface area contributed by atoms with E-state index in [0.717, 1.165) is 11.1 Å². The average Bonchev–Trinajstić information content (AvgIpc) is 3.01. The van der Waals surface area contributed by atoms with Crippen LogP contribution in [-0.4, -0.2) is 42.3 Å². The summed E-state index contributed by atoms with van der Waals surface area (Å²) in [6.45, 7) is 4.83. The molecule has 188 valence electrons. The molecule has 4 rings (SSSR count). The Morgan fingerprint density at radius 1 is 1.03 bits per heavy atom. The van der Waals surface area contributed by atoms with E-state index >= 15 is 0 Å². The molecule has 1 heterocycles. The molecule has 0 unspecified atom stereocenters. The molecule has 0 aliphatic carbocycles. The minimum absolute atomic E-state index is 0.0150. The van der Waals surface area contributed by atoms with Crippen LogP contribution in [0.5, 0.6) is 5.75 Å². The lowest BCUT2D eigenvalue weighted by Gasteiger charge is -2.27. The van der Waals surface area contributed by atoms with E-state index in [-0.39, 0.29) is 25.7 Å². The van der Waals surface area contributed by atoms with Crippen molar-refractivity contribution in [1.29, 1.82) is 0 Å². The quantitative estimate of drug-likeness (QED) is 0.441. The standard InChI is InChI=1S/C29H32N2O5/c1-20(2)23-14-12-21(13-15-23)16-31-26-10-6-7-11-27(26)36-19-24(28(31)32)30-25(29(33)34)18-35-17-22-8-4-3-5-9-22/h3-15,20,24-25,30H,16-19H2,1-2H3,(H,33,34)/t24-,25-/m0/s1. The van der Waals surface area contributed by atoms with Gasteiger partial charge in [-0.05, 0) is 34.7 Å². The van der Waals surface area contributed by atoms with E-state index in [1.54, 1.807) is 4.90 Å². The van der Waals surface area contributed by atoms with Crippen molar-refractivity contribution in [2.24, 2.45) is 0 Å². The van der Waals surface area contributed by atoms with Crippen LogP contribution in [0.4, 0.5) is 5.69 Å². The third-order valence-corrected chi connectivity index (χ3v) is 6.21. The number of fused-ring (bicyclic) bond motifs is 1. The van der Waals surface area contributed by atoms with E-state index in [2.05, 4.69) is 31.3 Å². The Balaban J connectivity index is 1.50. The second kappa shape index (κ2) is 11.8. The molecule has 36 heavy (non-hydrogen) atoms. The van der Waals surface area contributed by atoms with E-state index < -0.39 is 18.1 Å². The van der Waals surface area contributed by atoms with Gasteiger partial charge in [-0.2, -0.15) is 0 Å². The first-order chi connectivity index (χ1) is 17.4. The molecule has 0 fully saturated rings. The number of carboxylic acids is 1. The molecule has 2 atom stereocenters. The first-order valence-electron chi connectivity index (χ1n) is 12.1. The molecule has 1 aliphatic heterocycles. The molecule has 7 nitrogen and oxygen atoms in total. The number of amides is 1. The van der Waals surface area contributed by atoms with Gasteiger partial charge in [0, 0.05) is 0 Å². The summed E-state index contributed by atoms with van der Waals surface area (Å²) in [6, 6.07) is 23.2. The zero-order valence-corrected chi connectivity index (χ0v) is 20.6. The van der Waals surface area contributed by atoms with E-state index in [0.29, 0.717) is 23.9 Å². The summed E-state index contributed by atoms with van der Waals surface area (Å²) in [6.07, 6.45) is 0. The van der Waals surface area contributed by atoms with Crippen molar-refractivity contribution in [2.45, 2.75) is 45.0 Å². The van der Waals surface area contributed by atoms with E-state index in [4.69, 9.17) is 9.47 Å². The highest BCUT2D eigenvalue weighted by Crippen LogP contribution is 2.32. The van der Waals surface area contributed by atoms with Gasteiger partial charge in [-0.25, -0.2) is 0 Å². The van der Waals surface area contributed by atoms with Crippen LogP contribution in [0.25, 0.3) is 0 Å². The van der Waals surface area contributed by atoms with Crippen molar-refractivity contribution in [3.8, 4) is 5.75 Å².